The fourth-order valence-electron chi connectivity index (χ4n) is 9.59. The first-order valence-corrected chi connectivity index (χ1v) is 19.2. The van der Waals surface area contributed by atoms with Gasteiger partial charge in [-0.1, -0.05) is 158 Å². The van der Waals surface area contributed by atoms with Crippen LogP contribution in [0.4, 0.5) is 0 Å². The maximum absolute atomic E-state index is 5.59. The van der Waals surface area contributed by atoms with Crippen LogP contribution in [0.2, 0.25) is 0 Å². The molecule has 0 bridgehead atoms. The van der Waals surface area contributed by atoms with E-state index in [2.05, 4.69) is 191 Å². The molecule has 0 amide bonds. The zero-order chi connectivity index (χ0) is 36.5. The minimum Gasteiger partial charge on any atom is -0.307 e. The molecule has 0 aliphatic heterocycles. The smallest absolute Gasteiger partial charge is 0.235 e. The third kappa shape index (κ3) is 3.92. The van der Waals surface area contributed by atoms with E-state index >= 15 is 0 Å². The Morgan fingerprint density at radius 3 is 1.70 bits per heavy atom. The summed E-state index contributed by atoms with van der Waals surface area (Å²) in [7, 11) is 0. The van der Waals surface area contributed by atoms with Gasteiger partial charge in [-0.05, 0) is 46.2 Å². The average molecular weight is 711 g/mol. The highest BCUT2D eigenvalue weighted by Crippen LogP contribution is 2.48. The molecule has 0 N–H and O–H groups in total. The first-order valence-electron chi connectivity index (χ1n) is 19.2. The summed E-state index contributed by atoms with van der Waals surface area (Å²) in [5, 5.41) is 13.1. The number of fused-ring (bicyclic) bond motifs is 15. The van der Waals surface area contributed by atoms with Crippen molar-refractivity contribution in [1.29, 1.82) is 0 Å². The summed E-state index contributed by atoms with van der Waals surface area (Å²) in [6.07, 6.45) is 0. The molecule has 4 aromatic heterocycles. The lowest BCUT2D eigenvalue weighted by Crippen LogP contribution is -2.04. The van der Waals surface area contributed by atoms with E-state index < -0.39 is 0 Å². The summed E-state index contributed by atoms with van der Waals surface area (Å²) >= 11 is 0. The predicted molar refractivity (Wildman–Crippen MR) is 234 cm³/mol. The quantitative estimate of drug-likeness (QED) is 0.171. The van der Waals surface area contributed by atoms with E-state index in [4.69, 9.17) is 9.97 Å². The molecule has 13 rings (SSSR count). The van der Waals surface area contributed by atoms with Crippen molar-refractivity contribution in [2.75, 3.05) is 0 Å². The molecule has 0 unspecified atom stereocenters. The number of nitrogens with zero attached hydrogens (tertiary/aromatic N) is 4. The molecule has 0 spiro atoms. The highest BCUT2D eigenvalue weighted by atomic mass is 15.2. The van der Waals surface area contributed by atoms with Crippen LogP contribution in [0.15, 0.2) is 182 Å². The molecule has 56 heavy (non-hydrogen) atoms. The van der Waals surface area contributed by atoms with Crippen LogP contribution in [0, 0.1) is 0 Å². The Morgan fingerprint density at radius 1 is 0.339 bits per heavy atom. The number of hydrogen-bond donors (Lipinski definition) is 0. The molecular weight excluding hydrogens is 681 g/mol. The largest absolute Gasteiger partial charge is 0.307 e. The van der Waals surface area contributed by atoms with E-state index in [1.54, 1.807) is 0 Å². The van der Waals surface area contributed by atoms with Gasteiger partial charge in [0.25, 0.3) is 0 Å². The maximum Gasteiger partial charge on any atom is 0.235 e. The van der Waals surface area contributed by atoms with Gasteiger partial charge < -0.3 is 4.40 Å². The molecule has 258 valence electrons. The number of benzene rings is 9. The number of rotatable bonds is 3. The zero-order valence-corrected chi connectivity index (χ0v) is 30.1. The van der Waals surface area contributed by atoms with E-state index in [1.165, 1.54) is 70.8 Å². The van der Waals surface area contributed by atoms with Crippen molar-refractivity contribution in [1.82, 2.24) is 18.9 Å². The normalized spacial score (nSPS) is 12.3. The second-order valence-corrected chi connectivity index (χ2v) is 14.9. The van der Waals surface area contributed by atoms with Crippen LogP contribution in [0.25, 0.3) is 121 Å². The van der Waals surface area contributed by atoms with Crippen LogP contribution in [0.3, 0.4) is 0 Å². The topological polar surface area (TPSA) is 35.1 Å². The van der Waals surface area contributed by atoms with Gasteiger partial charge in [0.1, 0.15) is 0 Å². The summed E-state index contributed by atoms with van der Waals surface area (Å²) in [6.45, 7) is 0. The van der Waals surface area contributed by atoms with Crippen molar-refractivity contribution in [2.45, 2.75) is 0 Å². The van der Waals surface area contributed by atoms with Crippen LogP contribution in [0.5, 0.6) is 0 Å². The van der Waals surface area contributed by atoms with Crippen LogP contribution in [-0.4, -0.2) is 18.9 Å². The minimum atomic E-state index is 0.662. The van der Waals surface area contributed by atoms with Gasteiger partial charge >= 0.3 is 0 Å². The summed E-state index contributed by atoms with van der Waals surface area (Å²) in [4.78, 5) is 11.2. The molecule has 0 radical (unpaired) electrons. The minimum absolute atomic E-state index is 0.662. The molecule has 9 aromatic carbocycles. The molecule has 0 saturated heterocycles. The molecule has 0 aliphatic rings. The summed E-state index contributed by atoms with van der Waals surface area (Å²) < 4.78 is 4.85. The van der Waals surface area contributed by atoms with E-state index in [9.17, 15) is 0 Å². The van der Waals surface area contributed by atoms with E-state index in [1.807, 2.05) is 0 Å². The third-order valence-corrected chi connectivity index (χ3v) is 12.0. The van der Waals surface area contributed by atoms with Crippen molar-refractivity contribution in [3.05, 3.63) is 182 Å². The molecule has 0 fully saturated rings. The van der Waals surface area contributed by atoms with Gasteiger partial charge in [-0.15, -0.1) is 0 Å². The fourth-order valence-corrected chi connectivity index (χ4v) is 9.59. The van der Waals surface area contributed by atoms with Gasteiger partial charge in [0.2, 0.25) is 5.95 Å². The van der Waals surface area contributed by atoms with E-state index in [0.717, 1.165) is 44.0 Å². The lowest BCUT2D eigenvalue weighted by molar-refractivity contribution is 1.02. The zero-order valence-electron chi connectivity index (χ0n) is 30.1. The first-order chi connectivity index (χ1) is 27.8. The van der Waals surface area contributed by atoms with Gasteiger partial charge in [0.05, 0.1) is 38.8 Å². The Bertz CT molecular complexity index is 3740. The van der Waals surface area contributed by atoms with Crippen molar-refractivity contribution in [3.63, 3.8) is 0 Å². The molecule has 4 nitrogen and oxygen atoms in total. The SMILES string of the molecule is c1ccc(-c2ccc(-c3nc(-n4c5ccccc5c5cc6c7ccccc7n7c8c9ccccc9ccc8c(c54)c67)nc4c3ccc3ccccc34)cc2)cc1. The van der Waals surface area contributed by atoms with Crippen LogP contribution >= 0.6 is 0 Å². The Labute approximate surface area is 320 Å². The molecule has 0 saturated carbocycles. The molecular formula is C52H30N4. The average Bonchev–Trinajstić information content (AvgIpc) is 3.91. The van der Waals surface area contributed by atoms with Crippen LogP contribution < -0.4 is 0 Å². The van der Waals surface area contributed by atoms with Gasteiger partial charge in [0, 0.05) is 54.0 Å². The Hall–Kier alpha value is -7.56. The maximum atomic E-state index is 5.59. The Balaban J connectivity index is 1.21. The molecule has 0 atom stereocenters. The van der Waals surface area contributed by atoms with Crippen molar-refractivity contribution >= 4 is 92.3 Å². The highest BCUT2D eigenvalue weighted by Gasteiger charge is 2.26. The van der Waals surface area contributed by atoms with Crippen molar-refractivity contribution < 1.29 is 0 Å². The predicted octanol–water partition coefficient (Wildman–Crippen LogP) is 13.5. The lowest BCUT2D eigenvalue weighted by Gasteiger charge is -2.14. The standard InChI is InChI=1S/C52H30N4/c1-2-12-31(13-3-1)32-22-24-35(25-23-32)47-41-29-27-33-14-4-6-16-36(33)48(41)54-52(53-47)56-45-21-11-9-19-39(45)43-30-42-38-18-8-10-20-44(38)55-49-37-17-7-5-15-34(37)26-28-40(49)46(50(42)55)51(43)56/h1-30H. The van der Waals surface area contributed by atoms with Crippen molar-refractivity contribution in [2.24, 2.45) is 0 Å². The first kappa shape index (κ1) is 29.8. The Morgan fingerprint density at radius 2 is 0.911 bits per heavy atom. The Kier molecular flexibility index (Phi) is 5.86. The molecule has 4 heteroatoms. The van der Waals surface area contributed by atoms with Gasteiger partial charge in [0.15, 0.2) is 0 Å². The number of aromatic nitrogens is 4. The molecule has 13 aromatic rings. The monoisotopic (exact) mass is 710 g/mol. The highest BCUT2D eigenvalue weighted by molar-refractivity contribution is 6.36. The lowest BCUT2D eigenvalue weighted by atomic mass is 9.99. The second kappa shape index (κ2) is 11.0. The molecule has 0 aliphatic carbocycles. The second-order valence-electron chi connectivity index (χ2n) is 14.9. The number of para-hydroxylation sites is 2. The summed E-state index contributed by atoms with van der Waals surface area (Å²) in [5.74, 6) is 0.662. The number of hydrogen-bond acceptors (Lipinski definition) is 2. The van der Waals surface area contributed by atoms with Gasteiger partial charge in [-0.25, -0.2) is 9.97 Å². The van der Waals surface area contributed by atoms with Gasteiger partial charge in [-0.2, -0.15) is 0 Å². The fraction of sp³-hybridized carbons (Fsp3) is 0. The van der Waals surface area contributed by atoms with Crippen LogP contribution in [-0.2, 0) is 0 Å². The van der Waals surface area contributed by atoms with E-state index in [0.29, 0.717) is 5.95 Å². The van der Waals surface area contributed by atoms with Gasteiger partial charge in [-0.3, -0.25) is 4.57 Å². The third-order valence-electron chi connectivity index (χ3n) is 12.0. The van der Waals surface area contributed by atoms with Crippen LogP contribution in [0.1, 0.15) is 0 Å². The molecule has 4 heterocycles. The van der Waals surface area contributed by atoms with Crippen molar-refractivity contribution in [3.8, 4) is 28.3 Å². The summed E-state index contributed by atoms with van der Waals surface area (Å²) in [6, 6.07) is 65.7. The van der Waals surface area contributed by atoms with E-state index in [-0.39, 0.29) is 0 Å². The summed E-state index contributed by atoms with van der Waals surface area (Å²) in [5.41, 5.74) is 11.2.